The molecule has 0 radical (unpaired) electrons. The van der Waals surface area contributed by atoms with Crippen LogP contribution in [0.4, 0.5) is 0 Å². The van der Waals surface area contributed by atoms with Crippen molar-refractivity contribution in [3.05, 3.63) is 0 Å². The first-order chi connectivity index (χ1) is 8.73. The van der Waals surface area contributed by atoms with Gasteiger partial charge in [-0.3, -0.25) is 9.59 Å². The molecule has 19 heavy (non-hydrogen) atoms. The van der Waals surface area contributed by atoms with Crippen LogP contribution in [0.1, 0.15) is 41.0 Å². The van der Waals surface area contributed by atoms with Crippen molar-refractivity contribution in [2.24, 2.45) is 11.3 Å². The number of carboxylic acid groups (broad SMARTS) is 1. The Morgan fingerprint density at radius 2 is 1.74 bits per heavy atom. The van der Waals surface area contributed by atoms with Crippen molar-refractivity contribution >= 4 is 11.9 Å². The van der Waals surface area contributed by atoms with Crippen LogP contribution < -0.4 is 5.32 Å². The van der Waals surface area contributed by atoms with E-state index >= 15 is 0 Å². The van der Waals surface area contributed by atoms with E-state index in [9.17, 15) is 9.59 Å². The van der Waals surface area contributed by atoms with Gasteiger partial charge in [0, 0.05) is 6.54 Å². The highest BCUT2D eigenvalue weighted by molar-refractivity contribution is 5.97. The summed E-state index contributed by atoms with van der Waals surface area (Å²) in [5.41, 5.74) is -0.575. The Morgan fingerprint density at radius 3 is 2.11 bits per heavy atom. The smallest absolute Gasteiger partial charge is 0.316 e. The number of amides is 1. The molecular formula is C14H28N2O3. The van der Waals surface area contributed by atoms with Crippen LogP contribution in [-0.2, 0) is 9.59 Å². The summed E-state index contributed by atoms with van der Waals surface area (Å²) >= 11 is 0. The molecular weight excluding hydrogens is 244 g/mol. The minimum atomic E-state index is -1.06. The number of rotatable bonds is 8. The molecule has 0 saturated heterocycles. The zero-order valence-electron chi connectivity index (χ0n) is 12.8. The second-order valence-corrected chi connectivity index (χ2v) is 5.81. The van der Waals surface area contributed by atoms with Gasteiger partial charge in [0.25, 0.3) is 0 Å². The number of aliphatic carboxylic acids is 1. The van der Waals surface area contributed by atoms with Gasteiger partial charge < -0.3 is 15.3 Å². The summed E-state index contributed by atoms with van der Waals surface area (Å²) in [5, 5.41) is 11.9. The molecule has 1 amide bonds. The number of carboxylic acids is 1. The van der Waals surface area contributed by atoms with Gasteiger partial charge in [-0.2, -0.15) is 0 Å². The summed E-state index contributed by atoms with van der Waals surface area (Å²) in [7, 11) is 0. The molecule has 5 nitrogen and oxygen atoms in total. The minimum absolute atomic E-state index is 0.389. The van der Waals surface area contributed by atoms with E-state index in [-0.39, 0.29) is 5.91 Å². The van der Waals surface area contributed by atoms with E-state index < -0.39 is 17.3 Å². The van der Waals surface area contributed by atoms with Crippen molar-refractivity contribution in [2.75, 3.05) is 26.2 Å². The second-order valence-electron chi connectivity index (χ2n) is 5.81. The maximum absolute atomic E-state index is 11.9. The van der Waals surface area contributed by atoms with Gasteiger partial charge in [-0.1, -0.05) is 34.6 Å². The quantitative estimate of drug-likeness (QED) is 0.520. The highest BCUT2D eigenvalue weighted by atomic mass is 16.4. The molecule has 0 rings (SSSR count). The number of carbonyl (C=O) groups excluding carboxylic acids is 1. The molecule has 0 spiro atoms. The van der Waals surface area contributed by atoms with Crippen molar-refractivity contribution < 1.29 is 14.7 Å². The van der Waals surface area contributed by atoms with Crippen LogP contribution in [0.3, 0.4) is 0 Å². The molecule has 0 fully saturated rings. The van der Waals surface area contributed by atoms with Crippen molar-refractivity contribution in [1.82, 2.24) is 10.2 Å². The lowest BCUT2D eigenvalue weighted by Crippen LogP contribution is -2.43. The number of hydrogen-bond donors (Lipinski definition) is 2. The summed E-state index contributed by atoms with van der Waals surface area (Å²) in [6.45, 7) is 12.9. The first-order valence-corrected chi connectivity index (χ1v) is 6.96. The fourth-order valence-electron chi connectivity index (χ4n) is 2.03. The zero-order chi connectivity index (χ0) is 15.1. The monoisotopic (exact) mass is 272 g/mol. The molecule has 0 aromatic heterocycles. The number of carbonyl (C=O) groups is 2. The van der Waals surface area contributed by atoms with Gasteiger partial charge in [0.05, 0.1) is 0 Å². The summed E-state index contributed by atoms with van der Waals surface area (Å²) in [6.07, 6.45) is 0.837. The van der Waals surface area contributed by atoms with Gasteiger partial charge in [-0.25, -0.2) is 0 Å². The van der Waals surface area contributed by atoms with Gasteiger partial charge >= 0.3 is 5.97 Å². The Kier molecular flexibility index (Phi) is 7.68. The summed E-state index contributed by atoms with van der Waals surface area (Å²) in [5.74, 6) is -2.45. The van der Waals surface area contributed by atoms with Gasteiger partial charge in [-0.15, -0.1) is 0 Å². The van der Waals surface area contributed by atoms with Crippen molar-refractivity contribution in [3.63, 3.8) is 0 Å². The number of nitrogens with zero attached hydrogens (tertiary/aromatic N) is 1. The predicted molar refractivity (Wildman–Crippen MR) is 76.0 cm³/mol. The number of nitrogens with one attached hydrogen (secondary N) is 1. The van der Waals surface area contributed by atoms with Gasteiger partial charge in [-0.05, 0) is 31.5 Å². The Morgan fingerprint density at radius 1 is 1.21 bits per heavy atom. The molecule has 1 atom stereocenters. The zero-order valence-corrected chi connectivity index (χ0v) is 12.8. The normalized spacial score (nSPS) is 13.4. The van der Waals surface area contributed by atoms with Crippen molar-refractivity contribution in [3.8, 4) is 0 Å². The van der Waals surface area contributed by atoms with E-state index in [1.165, 1.54) is 0 Å². The third kappa shape index (κ3) is 6.57. The van der Waals surface area contributed by atoms with Crippen LogP contribution in [0.5, 0.6) is 0 Å². The lowest BCUT2D eigenvalue weighted by Gasteiger charge is -2.26. The second kappa shape index (κ2) is 8.15. The van der Waals surface area contributed by atoms with Gasteiger partial charge in [0.2, 0.25) is 5.91 Å². The molecule has 0 aliphatic rings. The van der Waals surface area contributed by atoms with Crippen LogP contribution in [-0.4, -0.2) is 48.1 Å². The van der Waals surface area contributed by atoms with Crippen LogP contribution >= 0.6 is 0 Å². The first-order valence-electron chi connectivity index (χ1n) is 6.96. The summed E-state index contributed by atoms with van der Waals surface area (Å²) in [6, 6.07) is 0. The molecule has 1 unspecified atom stereocenters. The maximum Gasteiger partial charge on any atom is 0.316 e. The van der Waals surface area contributed by atoms with E-state index in [1.54, 1.807) is 20.8 Å². The molecule has 2 N–H and O–H groups in total. The standard InChI is InChI=1S/C14H28N2O3/c1-6-16(7-2)10-8-9-15-12(17)11(13(18)19)14(3,4)5/h11H,6-10H2,1-5H3,(H,15,17)(H,18,19). The molecule has 0 heterocycles. The first kappa shape index (κ1) is 17.9. The van der Waals surface area contributed by atoms with Gasteiger partial charge in [0.15, 0.2) is 0 Å². The van der Waals surface area contributed by atoms with E-state index in [4.69, 9.17) is 5.11 Å². The maximum atomic E-state index is 11.9. The highest BCUT2D eigenvalue weighted by Gasteiger charge is 2.37. The fraction of sp³-hybridized carbons (Fsp3) is 0.857. The third-order valence-corrected chi connectivity index (χ3v) is 3.22. The van der Waals surface area contributed by atoms with Crippen LogP contribution in [0.2, 0.25) is 0 Å². The highest BCUT2D eigenvalue weighted by Crippen LogP contribution is 2.26. The largest absolute Gasteiger partial charge is 0.481 e. The lowest BCUT2D eigenvalue weighted by atomic mass is 9.80. The molecule has 5 heteroatoms. The average Bonchev–Trinajstić information content (AvgIpc) is 2.26. The van der Waals surface area contributed by atoms with Crippen LogP contribution in [0, 0.1) is 11.3 Å². The molecule has 0 aromatic carbocycles. The minimum Gasteiger partial charge on any atom is -0.481 e. The SMILES string of the molecule is CCN(CC)CCCNC(=O)C(C(=O)O)C(C)(C)C. The van der Waals surface area contributed by atoms with Gasteiger partial charge in [0.1, 0.15) is 5.92 Å². The Bertz CT molecular complexity index is 294. The molecule has 0 aromatic rings. The predicted octanol–water partition coefficient (Wildman–Crippen LogP) is 1.58. The number of hydrogen-bond acceptors (Lipinski definition) is 3. The van der Waals surface area contributed by atoms with E-state index in [2.05, 4.69) is 24.1 Å². The molecule has 112 valence electrons. The van der Waals surface area contributed by atoms with Crippen molar-refractivity contribution in [1.29, 1.82) is 0 Å². The Balaban J connectivity index is 4.19. The Hall–Kier alpha value is -1.10. The summed E-state index contributed by atoms with van der Waals surface area (Å²) in [4.78, 5) is 25.3. The van der Waals surface area contributed by atoms with E-state index in [0.29, 0.717) is 6.54 Å². The van der Waals surface area contributed by atoms with Crippen molar-refractivity contribution in [2.45, 2.75) is 41.0 Å². The van der Waals surface area contributed by atoms with E-state index in [1.807, 2.05) is 0 Å². The van der Waals surface area contributed by atoms with E-state index in [0.717, 1.165) is 26.1 Å². The van der Waals surface area contributed by atoms with Crippen LogP contribution in [0.25, 0.3) is 0 Å². The molecule has 0 bridgehead atoms. The topological polar surface area (TPSA) is 69.6 Å². The Labute approximate surface area is 116 Å². The molecule has 0 aliphatic carbocycles. The third-order valence-electron chi connectivity index (χ3n) is 3.22. The fourth-order valence-corrected chi connectivity index (χ4v) is 2.03. The molecule has 0 saturated carbocycles. The molecule has 0 aliphatic heterocycles. The summed E-state index contributed by atoms with van der Waals surface area (Å²) < 4.78 is 0. The van der Waals surface area contributed by atoms with Crippen LogP contribution in [0.15, 0.2) is 0 Å². The average molecular weight is 272 g/mol. The lowest BCUT2D eigenvalue weighted by molar-refractivity contribution is -0.151.